The molecule has 1 atom stereocenters. The zero-order valence-electron chi connectivity index (χ0n) is 16.3. The van der Waals surface area contributed by atoms with Gasteiger partial charge in [0.1, 0.15) is 0 Å². The number of aromatic nitrogens is 2. The van der Waals surface area contributed by atoms with Crippen molar-refractivity contribution in [3.8, 4) is 0 Å². The number of carbonyl (C=O) groups excluding carboxylic acids is 1. The van der Waals surface area contributed by atoms with Crippen molar-refractivity contribution >= 4 is 5.91 Å². The Bertz CT molecular complexity index is 601. The van der Waals surface area contributed by atoms with E-state index in [9.17, 15) is 4.79 Å². The van der Waals surface area contributed by atoms with E-state index in [0.717, 1.165) is 31.4 Å². The number of rotatable bonds is 5. The van der Waals surface area contributed by atoms with Gasteiger partial charge in [0.05, 0.1) is 6.54 Å². The second-order valence-electron chi connectivity index (χ2n) is 9.05. The number of hydrogen-bond acceptors (Lipinski definition) is 5. The first-order valence-corrected chi connectivity index (χ1v) is 9.59. The zero-order valence-corrected chi connectivity index (χ0v) is 16.3. The fourth-order valence-corrected chi connectivity index (χ4v) is 3.39. The smallest absolute Gasteiger partial charge is 0.232 e. The van der Waals surface area contributed by atoms with E-state index in [4.69, 9.17) is 4.52 Å². The molecule has 1 saturated heterocycles. The third-order valence-corrected chi connectivity index (χ3v) is 5.20. The summed E-state index contributed by atoms with van der Waals surface area (Å²) in [5.74, 6) is 2.86. The van der Waals surface area contributed by atoms with Crippen molar-refractivity contribution in [2.45, 2.75) is 71.9 Å². The molecular formula is C19H32N4O2. The Morgan fingerprint density at radius 2 is 2.00 bits per heavy atom. The van der Waals surface area contributed by atoms with Crippen LogP contribution in [0.4, 0.5) is 0 Å². The van der Waals surface area contributed by atoms with Crippen LogP contribution in [0.25, 0.3) is 0 Å². The third kappa shape index (κ3) is 4.60. The molecule has 0 bridgehead atoms. The van der Waals surface area contributed by atoms with Crippen LogP contribution in [0.3, 0.4) is 0 Å². The van der Waals surface area contributed by atoms with E-state index in [1.165, 1.54) is 12.8 Å². The second-order valence-corrected chi connectivity index (χ2v) is 9.05. The Labute approximate surface area is 150 Å². The minimum absolute atomic E-state index is 0.137. The van der Waals surface area contributed by atoms with Crippen molar-refractivity contribution in [2.75, 3.05) is 19.6 Å². The summed E-state index contributed by atoms with van der Waals surface area (Å²) in [6, 6.07) is 0.268. The van der Waals surface area contributed by atoms with Gasteiger partial charge in [0.2, 0.25) is 11.8 Å². The van der Waals surface area contributed by atoms with E-state index in [2.05, 4.69) is 54.6 Å². The zero-order chi connectivity index (χ0) is 18.2. The highest BCUT2D eigenvalue weighted by Gasteiger charge is 2.35. The van der Waals surface area contributed by atoms with Gasteiger partial charge in [-0.1, -0.05) is 39.8 Å². The van der Waals surface area contributed by atoms with Crippen molar-refractivity contribution in [1.29, 1.82) is 0 Å². The molecular weight excluding hydrogens is 316 g/mol. The molecule has 1 aliphatic heterocycles. The summed E-state index contributed by atoms with van der Waals surface area (Å²) in [7, 11) is 0. The summed E-state index contributed by atoms with van der Waals surface area (Å²) in [5.41, 5.74) is -0.137. The molecule has 25 heavy (non-hydrogen) atoms. The standard InChI is InChI=1S/C19H32N4O2/c1-13(2)15-11-22(9-8-17(24)23(15)10-14-6-7-14)12-16-20-18(25-21-16)19(3,4)5/h13-15H,6-12H2,1-5H3/t15-/m0/s1. The van der Waals surface area contributed by atoms with Crippen LogP contribution < -0.4 is 0 Å². The van der Waals surface area contributed by atoms with Gasteiger partial charge in [0.25, 0.3) is 0 Å². The lowest BCUT2D eigenvalue weighted by Gasteiger charge is -2.34. The first-order chi connectivity index (χ1) is 11.7. The van der Waals surface area contributed by atoms with Crippen molar-refractivity contribution in [1.82, 2.24) is 19.9 Å². The maximum atomic E-state index is 12.7. The molecule has 2 heterocycles. The minimum atomic E-state index is -0.137. The Morgan fingerprint density at radius 1 is 1.28 bits per heavy atom. The van der Waals surface area contributed by atoms with E-state index in [-0.39, 0.29) is 11.5 Å². The van der Waals surface area contributed by atoms with Gasteiger partial charge in [-0.3, -0.25) is 9.69 Å². The Kier molecular flexibility index (Phi) is 5.19. The van der Waals surface area contributed by atoms with Gasteiger partial charge in [-0.15, -0.1) is 0 Å². The van der Waals surface area contributed by atoms with Crippen LogP contribution in [-0.2, 0) is 16.8 Å². The lowest BCUT2D eigenvalue weighted by molar-refractivity contribution is -0.133. The van der Waals surface area contributed by atoms with Gasteiger partial charge < -0.3 is 9.42 Å². The highest BCUT2D eigenvalue weighted by molar-refractivity contribution is 5.77. The Hall–Kier alpha value is -1.43. The highest BCUT2D eigenvalue weighted by atomic mass is 16.5. The van der Waals surface area contributed by atoms with Crippen molar-refractivity contribution in [3.05, 3.63) is 11.7 Å². The SMILES string of the molecule is CC(C)[C@@H]1CN(Cc2noc(C(C)(C)C)n2)CCC(=O)N1CC1CC1. The maximum Gasteiger partial charge on any atom is 0.232 e. The van der Waals surface area contributed by atoms with E-state index in [0.29, 0.717) is 30.7 Å². The number of hydrogen-bond donors (Lipinski definition) is 0. The van der Waals surface area contributed by atoms with E-state index < -0.39 is 0 Å². The monoisotopic (exact) mass is 348 g/mol. The van der Waals surface area contributed by atoms with Crippen molar-refractivity contribution in [2.24, 2.45) is 11.8 Å². The van der Waals surface area contributed by atoms with Crippen LogP contribution >= 0.6 is 0 Å². The summed E-state index contributed by atoms with van der Waals surface area (Å²) in [6.07, 6.45) is 3.13. The Morgan fingerprint density at radius 3 is 2.56 bits per heavy atom. The number of nitrogens with zero attached hydrogens (tertiary/aromatic N) is 4. The highest BCUT2D eigenvalue weighted by Crippen LogP contribution is 2.32. The number of amides is 1. The topological polar surface area (TPSA) is 62.5 Å². The van der Waals surface area contributed by atoms with Crippen LogP contribution in [0.2, 0.25) is 0 Å². The first kappa shape index (κ1) is 18.4. The minimum Gasteiger partial charge on any atom is -0.339 e. The largest absolute Gasteiger partial charge is 0.339 e. The molecule has 1 aliphatic carbocycles. The second kappa shape index (κ2) is 7.06. The fourth-order valence-electron chi connectivity index (χ4n) is 3.39. The lowest BCUT2D eigenvalue weighted by atomic mass is 9.97. The predicted molar refractivity (Wildman–Crippen MR) is 96.0 cm³/mol. The predicted octanol–water partition coefficient (Wildman–Crippen LogP) is 2.84. The third-order valence-electron chi connectivity index (χ3n) is 5.20. The van der Waals surface area contributed by atoms with E-state index in [1.54, 1.807) is 0 Å². The van der Waals surface area contributed by atoms with Crippen LogP contribution in [-0.4, -0.2) is 51.5 Å². The molecule has 2 aliphatic rings. The van der Waals surface area contributed by atoms with Crippen LogP contribution in [0.5, 0.6) is 0 Å². The van der Waals surface area contributed by atoms with Gasteiger partial charge in [-0.25, -0.2) is 0 Å². The maximum absolute atomic E-state index is 12.7. The van der Waals surface area contributed by atoms with Crippen molar-refractivity contribution in [3.63, 3.8) is 0 Å². The lowest BCUT2D eigenvalue weighted by Crippen LogP contribution is -2.47. The van der Waals surface area contributed by atoms with Crippen LogP contribution in [0, 0.1) is 11.8 Å². The molecule has 3 rings (SSSR count). The molecule has 0 spiro atoms. The molecule has 6 heteroatoms. The summed E-state index contributed by atoms with van der Waals surface area (Å²) < 4.78 is 5.41. The summed E-state index contributed by atoms with van der Waals surface area (Å²) in [6.45, 7) is 13.9. The van der Waals surface area contributed by atoms with Crippen LogP contribution in [0.1, 0.15) is 65.6 Å². The molecule has 1 aromatic rings. The van der Waals surface area contributed by atoms with Gasteiger partial charge >= 0.3 is 0 Å². The van der Waals surface area contributed by atoms with Gasteiger partial charge in [0.15, 0.2) is 5.82 Å². The molecule has 2 fully saturated rings. The molecule has 6 nitrogen and oxygen atoms in total. The quantitative estimate of drug-likeness (QED) is 0.819. The molecule has 0 unspecified atom stereocenters. The fraction of sp³-hybridized carbons (Fsp3) is 0.842. The first-order valence-electron chi connectivity index (χ1n) is 9.59. The molecule has 0 radical (unpaired) electrons. The molecule has 1 amide bonds. The Balaban J connectivity index is 1.69. The number of carbonyl (C=O) groups is 1. The molecule has 0 aromatic carbocycles. The van der Waals surface area contributed by atoms with Gasteiger partial charge in [0, 0.05) is 37.5 Å². The average Bonchev–Trinajstić information content (AvgIpc) is 3.23. The normalized spacial score (nSPS) is 23.4. The average molecular weight is 348 g/mol. The van der Waals surface area contributed by atoms with Crippen LogP contribution in [0.15, 0.2) is 4.52 Å². The molecule has 1 saturated carbocycles. The summed E-state index contributed by atoms with van der Waals surface area (Å²) in [4.78, 5) is 21.7. The van der Waals surface area contributed by atoms with Gasteiger partial charge in [-0.2, -0.15) is 4.98 Å². The summed E-state index contributed by atoms with van der Waals surface area (Å²) in [5, 5.41) is 4.15. The van der Waals surface area contributed by atoms with Crippen molar-refractivity contribution < 1.29 is 9.32 Å². The summed E-state index contributed by atoms with van der Waals surface area (Å²) >= 11 is 0. The van der Waals surface area contributed by atoms with Gasteiger partial charge in [-0.05, 0) is 24.7 Å². The molecule has 140 valence electrons. The van der Waals surface area contributed by atoms with E-state index >= 15 is 0 Å². The van der Waals surface area contributed by atoms with E-state index in [1.807, 2.05) is 0 Å². The molecule has 1 aromatic heterocycles. The molecule has 0 N–H and O–H groups in total.